The van der Waals surface area contributed by atoms with E-state index in [0.717, 1.165) is 24.2 Å². The van der Waals surface area contributed by atoms with E-state index in [1.807, 2.05) is 0 Å². The minimum absolute atomic E-state index is 0.0975. The average molecular weight is 320 g/mol. The first kappa shape index (κ1) is 15.9. The number of benzene rings is 1. The molecule has 1 aromatic rings. The van der Waals surface area contributed by atoms with Crippen LogP contribution in [0.3, 0.4) is 0 Å². The van der Waals surface area contributed by atoms with E-state index in [1.54, 1.807) is 13.1 Å². The van der Waals surface area contributed by atoms with Gasteiger partial charge >= 0.3 is 6.03 Å². The normalized spacial score (nSPS) is 22.0. The van der Waals surface area contributed by atoms with Gasteiger partial charge in [-0.1, -0.05) is 37.5 Å². The Morgan fingerprint density at radius 3 is 2.52 bits per heavy atom. The molecule has 1 unspecified atom stereocenters. The average Bonchev–Trinajstić information content (AvgIpc) is 2.72. The van der Waals surface area contributed by atoms with Gasteiger partial charge in [-0.05, 0) is 18.9 Å². The number of aliphatic hydroxyl groups excluding tert-OH is 1. The highest BCUT2D eigenvalue weighted by molar-refractivity contribution is 6.07. The number of β-amino-alcohol motifs (C(OH)–C–C–N with tert-alkyl or cyclic N) is 1. The van der Waals surface area contributed by atoms with E-state index < -0.39 is 23.5 Å². The molecule has 1 aliphatic carbocycles. The van der Waals surface area contributed by atoms with E-state index >= 15 is 0 Å². The van der Waals surface area contributed by atoms with Crippen LogP contribution in [-0.4, -0.2) is 46.0 Å². The number of carbonyl (C=O) groups excluding carboxylic acids is 2. The predicted molar refractivity (Wildman–Crippen MR) is 82.0 cm³/mol. The minimum atomic E-state index is -1.23. The molecule has 1 saturated carbocycles. The van der Waals surface area contributed by atoms with Gasteiger partial charge in [-0.15, -0.1) is 0 Å². The van der Waals surface area contributed by atoms with Crippen LogP contribution in [0, 0.1) is 5.82 Å². The molecule has 23 heavy (non-hydrogen) atoms. The number of imide groups is 1. The van der Waals surface area contributed by atoms with Crippen molar-refractivity contribution in [1.29, 1.82) is 0 Å². The standard InChI is InChI=1S/C17H21FN2O3/c1-19-16(23)20(15(22)17(19)9-5-2-6-10-17)11-14(21)12-7-3-4-8-13(12)18/h3-4,7-8,14,21H,2,5-6,9-11H2,1H3. The molecule has 2 aliphatic rings. The summed E-state index contributed by atoms with van der Waals surface area (Å²) in [7, 11) is 1.64. The van der Waals surface area contributed by atoms with Crippen molar-refractivity contribution in [3.05, 3.63) is 35.6 Å². The zero-order valence-electron chi connectivity index (χ0n) is 13.2. The Labute approximate surface area is 134 Å². The van der Waals surface area contributed by atoms with Gasteiger partial charge in [0.25, 0.3) is 5.91 Å². The fourth-order valence-electron chi connectivity index (χ4n) is 3.71. The van der Waals surface area contributed by atoms with Crippen LogP contribution >= 0.6 is 0 Å². The third kappa shape index (κ3) is 2.51. The van der Waals surface area contributed by atoms with Gasteiger partial charge in [0.2, 0.25) is 0 Å². The third-order valence-electron chi connectivity index (χ3n) is 5.10. The molecule has 0 bridgehead atoms. The summed E-state index contributed by atoms with van der Waals surface area (Å²) < 4.78 is 13.8. The van der Waals surface area contributed by atoms with E-state index in [0.29, 0.717) is 12.8 Å². The molecular formula is C17H21FN2O3. The number of halogens is 1. The summed E-state index contributed by atoms with van der Waals surface area (Å²) in [6.45, 7) is -0.218. The molecule has 6 heteroatoms. The van der Waals surface area contributed by atoms with E-state index in [2.05, 4.69) is 0 Å². The van der Waals surface area contributed by atoms with Crippen LogP contribution in [-0.2, 0) is 4.79 Å². The summed E-state index contributed by atoms with van der Waals surface area (Å²) in [5.74, 6) is -0.806. The molecule has 1 heterocycles. The molecule has 5 nitrogen and oxygen atoms in total. The highest BCUT2D eigenvalue weighted by Crippen LogP contribution is 2.40. The van der Waals surface area contributed by atoms with Crippen molar-refractivity contribution in [2.75, 3.05) is 13.6 Å². The van der Waals surface area contributed by atoms with Crippen LogP contribution in [0.25, 0.3) is 0 Å². The Bertz CT molecular complexity index is 628. The van der Waals surface area contributed by atoms with E-state index in [9.17, 15) is 19.1 Å². The third-order valence-corrected chi connectivity index (χ3v) is 5.10. The molecule has 1 saturated heterocycles. The van der Waals surface area contributed by atoms with E-state index in [-0.39, 0.29) is 18.0 Å². The molecule has 1 aromatic carbocycles. The highest BCUT2D eigenvalue weighted by Gasteiger charge is 2.55. The fraction of sp³-hybridized carbons (Fsp3) is 0.529. The Morgan fingerprint density at radius 1 is 1.22 bits per heavy atom. The van der Waals surface area contributed by atoms with Crippen molar-refractivity contribution in [1.82, 2.24) is 9.80 Å². The van der Waals surface area contributed by atoms with Gasteiger partial charge in [0.15, 0.2) is 0 Å². The van der Waals surface area contributed by atoms with Crippen molar-refractivity contribution in [2.24, 2.45) is 0 Å². The number of amides is 3. The number of rotatable bonds is 3. The molecule has 1 aliphatic heterocycles. The smallest absolute Gasteiger partial charge is 0.327 e. The Hall–Kier alpha value is -1.95. The van der Waals surface area contributed by atoms with Crippen LogP contribution in [0.2, 0.25) is 0 Å². The number of aliphatic hydroxyl groups is 1. The van der Waals surface area contributed by atoms with Crippen LogP contribution in [0.5, 0.6) is 0 Å². The molecular weight excluding hydrogens is 299 g/mol. The summed E-state index contributed by atoms with van der Waals surface area (Å²) in [6.07, 6.45) is 2.96. The van der Waals surface area contributed by atoms with Crippen molar-refractivity contribution >= 4 is 11.9 Å². The number of hydrogen-bond donors (Lipinski definition) is 1. The van der Waals surface area contributed by atoms with Gasteiger partial charge in [0, 0.05) is 12.6 Å². The Morgan fingerprint density at radius 2 is 1.87 bits per heavy atom. The van der Waals surface area contributed by atoms with Gasteiger partial charge in [-0.3, -0.25) is 9.69 Å². The number of urea groups is 1. The molecule has 0 aromatic heterocycles. The highest BCUT2D eigenvalue weighted by atomic mass is 19.1. The summed E-state index contributed by atoms with van der Waals surface area (Å²) in [5.41, 5.74) is -0.676. The van der Waals surface area contributed by atoms with E-state index in [4.69, 9.17) is 0 Å². The second kappa shape index (κ2) is 5.92. The lowest BCUT2D eigenvalue weighted by molar-refractivity contribution is -0.135. The van der Waals surface area contributed by atoms with Gasteiger partial charge in [0.1, 0.15) is 11.4 Å². The minimum Gasteiger partial charge on any atom is -0.386 e. The lowest BCUT2D eigenvalue weighted by Crippen LogP contribution is -2.49. The van der Waals surface area contributed by atoms with Crippen LogP contribution < -0.4 is 0 Å². The molecule has 3 amide bonds. The molecule has 0 radical (unpaired) electrons. The SMILES string of the molecule is CN1C(=O)N(CC(O)c2ccccc2F)C(=O)C12CCCCC2. The van der Waals surface area contributed by atoms with Crippen molar-refractivity contribution < 1.29 is 19.1 Å². The second-order valence-corrected chi connectivity index (χ2v) is 6.39. The second-order valence-electron chi connectivity index (χ2n) is 6.39. The first-order valence-corrected chi connectivity index (χ1v) is 7.99. The maximum Gasteiger partial charge on any atom is 0.327 e. The summed E-state index contributed by atoms with van der Waals surface area (Å²) in [4.78, 5) is 27.9. The Balaban J connectivity index is 1.82. The summed E-state index contributed by atoms with van der Waals surface area (Å²) >= 11 is 0. The number of carbonyl (C=O) groups is 2. The lowest BCUT2D eigenvalue weighted by Gasteiger charge is -2.35. The van der Waals surface area contributed by atoms with Crippen LogP contribution in [0.1, 0.15) is 43.8 Å². The maximum atomic E-state index is 13.8. The summed E-state index contributed by atoms with van der Waals surface area (Å²) in [5, 5.41) is 10.3. The van der Waals surface area contributed by atoms with Crippen molar-refractivity contribution in [2.45, 2.75) is 43.7 Å². The van der Waals surface area contributed by atoms with Gasteiger partial charge in [-0.2, -0.15) is 0 Å². The largest absolute Gasteiger partial charge is 0.386 e. The number of hydrogen-bond acceptors (Lipinski definition) is 3. The Kier molecular flexibility index (Phi) is 4.10. The fourth-order valence-corrected chi connectivity index (χ4v) is 3.71. The van der Waals surface area contributed by atoms with Gasteiger partial charge in [-0.25, -0.2) is 9.18 Å². The molecule has 1 atom stereocenters. The predicted octanol–water partition coefficient (Wildman–Crippen LogP) is 2.46. The quantitative estimate of drug-likeness (QED) is 0.870. The van der Waals surface area contributed by atoms with Crippen molar-refractivity contribution in [3.8, 4) is 0 Å². The number of nitrogens with zero attached hydrogens (tertiary/aromatic N) is 2. The molecule has 124 valence electrons. The monoisotopic (exact) mass is 320 g/mol. The van der Waals surface area contributed by atoms with Crippen LogP contribution in [0.4, 0.5) is 9.18 Å². The molecule has 1 spiro atoms. The lowest BCUT2D eigenvalue weighted by atomic mass is 9.80. The number of likely N-dealkylation sites (N-methyl/N-ethyl adjacent to an activating group) is 1. The maximum absolute atomic E-state index is 13.8. The molecule has 3 rings (SSSR count). The topological polar surface area (TPSA) is 60.9 Å². The van der Waals surface area contributed by atoms with Crippen LogP contribution in [0.15, 0.2) is 24.3 Å². The zero-order valence-corrected chi connectivity index (χ0v) is 13.2. The van der Waals surface area contributed by atoms with Crippen molar-refractivity contribution in [3.63, 3.8) is 0 Å². The first-order chi connectivity index (χ1) is 11.0. The van der Waals surface area contributed by atoms with Gasteiger partial charge < -0.3 is 10.0 Å². The van der Waals surface area contributed by atoms with E-state index in [1.165, 1.54) is 23.1 Å². The summed E-state index contributed by atoms with van der Waals surface area (Å²) in [6, 6.07) is 5.45. The molecule has 2 fully saturated rings. The van der Waals surface area contributed by atoms with Gasteiger partial charge in [0.05, 0.1) is 12.6 Å². The first-order valence-electron chi connectivity index (χ1n) is 7.99. The zero-order chi connectivity index (χ0) is 16.6. The molecule has 1 N–H and O–H groups in total.